The van der Waals surface area contributed by atoms with Gasteiger partial charge in [-0.3, -0.25) is 4.79 Å². The van der Waals surface area contributed by atoms with Crippen LogP contribution in [0.1, 0.15) is 11.7 Å². The van der Waals surface area contributed by atoms with Crippen LogP contribution < -0.4 is 0 Å². The summed E-state index contributed by atoms with van der Waals surface area (Å²) in [7, 11) is 1.32. The number of methoxy groups -OCH3 is 1. The first-order valence-corrected chi connectivity index (χ1v) is 4.00. The van der Waals surface area contributed by atoms with Crippen LogP contribution in [0.5, 0.6) is 0 Å². The summed E-state index contributed by atoms with van der Waals surface area (Å²) < 4.78 is 9.56. The number of aromatic nitrogens is 1. The minimum absolute atomic E-state index is 0.0737. The van der Waals surface area contributed by atoms with Gasteiger partial charge in [0.1, 0.15) is 12.2 Å². The van der Waals surface area contributed by atoms with Gasteiger partial charge in [0.05, 0.1) is 19.1 Å². The summed E-state index contributed by atoms with van der Waals surface area (Å²) >= 11 is 3.99. The van der Waals surface area contributed by atoms with Crippen LogP contribution in [0.15, 0.2) is 10.6 Å². The summed E-state index contributed by atoms with van der Waals surface area (Å²) in [5, 5.41) is 0. The van der Waals surface area contributed by atoms with Gasteiger partial charge in [-0.15, -0.1) is 0 Å². The van der Waals surface area contributed by atoms with Crippen LogP contribution in [0.2, 0.25) is 0 Å². The number of nitrogens with zero attached hydrogens (tertiary/aromatic N) is 1. The molecule has 0 atom stereocenters. The Morgan fingerprint density at radius 1 is 1.83 bits per heavy atom. The molecule has 1 rings (SSSR count). The van der Waals surface area contributed by atoms with E-state index in [0.29, 0.717) is 17.4 Å². The third-order valence-corrected chi connectivity index (χ3v) is 1.59. The van der Waals surface area contributed by atoms with Crippen molar-refractivity contribution in [3.63, 3.8) is 0 Å². The predicted molar refractivity (Wildman–Crippen MR) is 44.9 cm³/mol. The largest absolute Gasteiger partial charge is 0.469 e. The van der Waals surface area contributed by atoms with E-state index in [1.165, 1.54) is 7.11 Å². The van der Waals surface area contributed by atoms with E-state index in [4.69, 9.17) is 4.42 Å². The number of rotatable bonds is 3. The van der Waals surface area contributed by atoms with E-state index >= 15 is 0 Å². The molecule has 0 saturated carbocycles. The Kier molecular flexibility index (Phi) is 3.16. The van der Waals surface area contributed by atoms with Gasteiger partial charge in [0.25, 0.3) is 0 Å². The Bertz CT molecular complexity index is 271. The lowest BCUT2D eigenvalue weighted by molar-refractivity contribution is -0.140. The molecule has 0 aliphatic rings. The van der Waals surface area contributed by atoms with Crippen molar-refractivity contribution in [2.24, 2.45) is 0 Å². The lowest BCUT2D eigenvalue weighted by atomic mass is 10.4. The molecular weight excluding hydrogens is 178 g/mol. The number of hydrogen-bond acceptors (Lipinski definition) is 5. The summed E-state index contributed by atoms with van der Waals surface area (Å²) in [6.07, 6.45) is 1.62. The minimum Gasteiger partial charge on any atom is -0.469 e. The molecule has 12 heavy (non-hydrogen) atoms. The molecule has 0 unspecified atom stereocenters. The van der Waals surface area contributed by atoms with Gasteiger partial charge in [0, 0.05) is 0 Å². The molecule has 0 aliphatic carbocycles. The summed E-state index contributed by atoms with van der Waals surface area (Å²) in [4.78, 5) is 14.6. The topological polar surface area (TPSA) is 52.3 Å². The number of carbonyl (C=O) groups is 1. The second-order valence-corrected chi connectivity index (χ2v) is 2.45. The highest BCUT2D eigenvalue weighted by Crippen LogP contribution is 2.06. The Hall–Kier alpha value is -0.970. The van der Waals surface area contributed by atoms with Crippen molar-refractivity contribution < 1.29 is 13.9 Å². The van der Waals surface area contributed by atoms with Crippen LogP contribution in [0, 0.1) is 0 Å². The summed E-state index contributed by atoms with van der Waals surface area (Å²) in [5.74, 6) is 1.14. The van der Waals surface area contributed by atoms with E-state index in [9.17, 15) is 4.79 Å². The van der Waals surface area contributed by atoms with Gasteiger partial charge in [0.2, 0.25) is 5.89 Å². The molecule has 1 aromatic rings. The van der Waals surface area contributed by atoms with Gasteiger partial charge in [0.15, 0.2) is 0 Å². The average Bonchev–Trinajstić information content (AvgIpc) is 2.52. The lowest BCUT2D eigenvalue weighted by Gasteiger charge is -1.93. The van der Waals surface area contributed by atoms with Gasteiger partial charge in [-0.05, 0) is 0 Å². The number of oxazole rings is 1. The Morgan fingerprint density at radius 2 is 2.58 bits per heavy atom. The van der Waals surface area contributed by atoms with Crippen LogP contribution in [-0.4, -0.2) is 18.1 Å². The molecule has 4 nitrogen and oxygen atoms in total. The van der Waals surface area contributed by atoms with E-state index in [0.717, 1.165) is 0 Å². The number of esters is 1. The maximum Gasteiger partial charge on any atom is 0.314 e. The quantitative estimate of drug-likeness (QED) is 0.562. The second kappa shape index (κ2) is 4.15. The van der Waals surface area contributed by atoms with Crippen molar-refractivity contribution >= 4 is 18.6 Å². The highest BCUT2D eigenvalue weighted by molar-refractivity contribution is 7.79. The maximum atomic E-state index is 10.7. The zero-order valence-electron chi connectivity index (χ0n) is 6.61. The molecule has 0 spiro atoms. The fourth-order valence-corrected chi connectivity index (χ4v) is 0.845. The zero-order chi connectivity index (χ0) is 8.97. The first kappa shape index (κ1) is 9.12. The van der Waals surface area contributed by atoms with Crippen molar-refractivity contribution in [3.05, 3.63) is 17.8 Å². The molecule has 5 heteroatoms. The van der Waals surface area contributed by atoms with Crippen molar-refractivity contribution in [2.45, 2.75) is 12.2 Å². The Balaban J connectivity index is 2.58. The number of thiol groups is 1. The van der Waals surface area contributed by atoms with Crippen molar-refractivity contribution in [2.75, 3.05) is 7.11 Å². The molecule has 0 saturated heterocycles. The summed E-state index contributed by atoms with van der Waals surface area (Å²) in [6, 6.07) is 0. The van der Waals surface area contributed by atoms with Crippen LogP contribution in [0.3, 0.4) is 0 Å². The summed E-state index contributed by atoms with van der Waals surface area (Å²) in [5.41, 5.74) is 0. The summed E-state index contributed by atoms with van der Waals surface area (Å²) in [6.45, 7) is 0. The first-order valence-electron chi connectivity index (χ1n) is 3.37. The molecule has 0 amide bonds. The molecule has 0 radical (unpaired) electrons. The lowest BCUT2D eigenvalue weighted by Crippen LogP contribution is -2.04. The van der Waals surface area contributed by atoms with E-state index in [-0.39, 0.29) is 12.4 Å². The fraction of sp³-hybridized carbons (Fsp3) is 0.429. The first-order chi connectivity index (χ1) is 5.76. The molecule has 0 N–H and O–H groups in total. The van der Waals surface area contributed by atoms with E-state index in [1.807, 2.05) is 0 Å². The number of hydrogen-bond donors (Lipinski definition) is 1. The molecule has 66 valence electrons. The monoisotopic (exact) mass is 187 g/mol. The van der Waals surface area contributed by atoms with Gasteiger partial charge >= 0.3 is 5.97 Å². The van der Waals surface area contributed by atoms with E-state index in [1.54, 1.807) is 6.20 Å². The number of carbonyl (C=O) groups excluding carboxylic acids is 1. The Morgan fingerprint density at radius 3 is 3.08 bits per heavy atom. The average molecular weight is 187 g/mol. The van der Waals surface area contributed by atoms with Crippen LogP contribution in [-0.2, 0) is 21.7 Å². The predicted octanol–water partition coefficient (Wildman–Crippen LogP) is 0.820. The SMILES string of the molecule is COC(=O)Cc1ncc(CS)o1. The minimum atomic E-state index is -0.359. The van der Waals surface area contributed by atoms with Crippen molar-refractivity contribution in [1.29, 1.82) is 0 Å². The maximum absolute atomic E-state index is 10.7. The normalized spacial score (nSPS) is 9.83. The van der Waals surface area contributed by atoms with Gasteiger partial charge in [-0.1, -0.05) is 0 Å². The van der Waals surface area contributed by atoms with Gasteiger partial charge in [-0.25, -0.2) is 4.98 Å². The standard InChI is InChI=1S/C7H9NO3S/c1-10-7(9)2-6-8-3-5(4-12)11-6/h3,12H,2,4H2,1H3. The Labute approximate surface area is 75.3 Å². The molecular formula is C7H9NO3S. The van der Waals surface area contributed by atoms with Crippen LogP contribution in [0.25, 0.3) is 0 Å². The smallest absolute Gasteiger partial charge is 0.314 e. The third-order valence-electron chi connectivity index (χ3n) is 1.28. The van der Waals surface area contributed by atoms with Crippen molar-refractivity contribution in [1.82, 2.24) is 4.98 Å². The molecule has 0 bridgehead atoms. The molecule has 0 fully saturated rings. The molecule has 1 aromatic heterocycles. The highest BCUT2D eigenvalue weighted by Gasteiger charge is 2.08. The van der Waals surface area contributed by atoms with Gasteiger partial charge < -0.3 is 9.15 Å². The van der Waals surface area contributed by atoms with E-state index in [2.05, 4.69) is 22.3 Å². The van der Waals surface area contributed by atoms with E-state index < -0.39 is 0 Å². The van der Waals surface area contributed by atoms with Gasteiger partial charge in [-0.2, -0.15) is 12.6 Å². The van der Waals surface area contributed by atoms with Crippen molar-refractivity contribution in [3.8, 4) is 0 Å². The zero-order valence-corrected chi connectivity index (χ0v) is 7.51. The third kappa shape index (κ3) is 2.27. The number of ether oxygens (including phenoxy) is 1. The van der Waals surface area contributed by atoms with Crippen LogP contribution in [0.4, 0.5) is 0 Å². The second-order valence-electron chi connectivity index (χ2n) is 2.13. The molecule has 1 heterocycles. The molecule has 0 aliphatic heterocycles. The highest BCUT2D eigenvalue weighted by atomic mass is 32.1. The van der Waals surface area contributed by atoms with Crippen LogP contribution >= 0.6 is 12.6 Å². The fourth-order valence-electron chi connectivity index (χ4n) is 0.698. The molecule has 0 aromatic carbocycles.